The summed E-state index contributed by atoms with van der Waals surface area (Å²) in [5.74, 6) is 1.13. The molecule has 0 saturated heterocycles. The lowest BCUT2D eigenvalue weighted by atomic mass is 10.1. The Balaban J connectivity index is 0.000000236. The van der Waals surface area contributed by atoms with Gasteiger partial charge in [0.1, 0.15) is 11.0 Å². The lowest BCUT2D eigenvalue weighted by Crippen LogP contribution is -2.21. The first-order chi connectivity index (χ1) is 29.4. The molecule has 0 aliphatic rings. The molecule has 7 N–H and O–H groups in total. The van der Waals surface area contributed by atoms with Crippen LogP contribution in [0.25, 0.3) is 22.3 Å². The van der Waals surface area contributed by atoms with Crippen LogP contribution in [0.4, 0.5) is 38.7 Å². The summed E-state index contributed by atoms with van der Waals surface area (Å²) in [7, 11) is 8.20. The van der Waals surface area contributed by atoms with E-state index in [0.29, 0.717) is 22.9 Å². The van der Waals surface area contributed by atoms with E-state index in [1.54, 1.807) is 13.0 Å². The third kappa shape index (κ3) is 18.1. The number of benzene rings is 4. The zero-order valence-corrected chi connectivity index (χ0v) is 36.5. The Morgan fingerprint density at radius 1 is 0.557 bits per heavy atom. The first-order valence-corrected chi connectivity index (χ1v) is 20.3. The quantitative estimate of drug-likeness (QED) is 0.0458. The molecule has 61 heavy (non-hydrogen) atoms. The van der Waals surface area contributed by atoms with Gasteiger partial charge in [0, 0.05) is 35.4 Å². The molecule has 0 spiro atoms. The summed E-state index contributed by atoms with van der Waals surface area (Å²) in [6.45, 7) is 7.35. The van der Waals surface area contributed by atoms with Crippen LogP contribution in [0.1, 0.15) is 24.2 Å². The van der Waals surface area contributed by atoms with Crippen molar-refractivity contribution in [1.29, 1.82) is 0 Å². The molecular formula is C46H57ClN12O2. The summed E-state index contributed by atoms with van der Waals surface area (Å²) in [6, 6.07) is 37.9. The van der Waals surface area contributed by atoms with Crippen molar-refractivity contribution in [2.45, 2.75) is 26.7 Å². The molecule has 0 radical (unpaired) electrons. The number of aryl methyl sites for hydroxylation is 2. The number of aromatic nitrogens is 4. The van der Waals surface area contributed by atoms with E-state index in [1.165, 1.54) is 0 Å². The molecule has 14 nitrogen and oxygen atoms in total. The standard InChI is InChI=1S/C23H28N6O.C18H15ClN4O.C5H14N2/c1-17-15-21(24-13-8-14-29(2)3)27-22(25-17)28-23(30)26-20-12-7-11-19(16-20)18-9-5-4-6-10-18;1-12-10-16(19)22-17(20-12)23-18(24)21-15-9-5-8-14(11-15)13-6-3-2-4-7-13;1-7(2)5-3-4-6/h4-7,9-12,15-16H,8,13-14H2,1-3H3,(H3,24,25,26,27,28,30);2-11H,1H3,(H2,20,21,22,23,24);3-6H2,1-2H3. The van der Waals surface area contributed by atoms with Crippen molar-refractivity contribution < 1.29 is 9.59 Å². The number of nitrogens with one attached hydrogen (secondary N) is 5. The maximum Gasteiger partial charge on any atom is 0.326 e. The van der Waals surface area contributed by atoms with Crippen molar-refractivity contribution in [1.82, 2.24) is 29.7 Å². The number of carbonyl (C=O) groups is 2. The fraction of sp³-hybridized carbons (Fsp3) is 0.261. The van der Waals surface area contributed by atoms with Gasteiger partial charge in [-0.3, -0.25) is 10.6 Å². The second-order valence-electron chi connectivity index (χ2n) is 14.5. The average molecular weight is 845 g/mol. The number of amides is 4. The first kappa shape index (κ1) is 47.2. The lowest BCUT2D eigenvalue weighted by molar-refractivity contribution is 0.261. The highest BCUT2D eigenvalue weighted by molar-refractivity contribution is 6.29. The van der Waals surface area contributed by atoms with Gasteiger partial charge < -0.3 is 31.5 Å². The summed E-state index contributed by atoms with van der Waals surface area (Å²) in [4.78, 5) is 45.6. The Hall–Kier alpha value is -6.45. The van der Waals surface area contributed by atoms with E-state index in [-0.39, 0.29) is 23.1 Å². The number of hydrogen-bond acceptors (Lipinski definition) is 10. The van der Waals surface area contributed by atoms with Crippen LogP contribution in [0.15, 0.2) is 121 Å². The molecule has 0 aliphatic heterocycles. The summed E-state index contributed by atoms with van der Waals surface area (Å²) in [5.41, 5.74) is 12.3. The van der Waals surface area contributed by atoms with E-state index in [9.17, 15) is 9.59 Å². The molecule has 0 saturated carbocycles. The van der Waals surface area contributed by atoms with Gasteiger partial charge in [0.15, 0.2) is 0 Å². The van der Waals surface area contributed by atoms with Crippen molar-refractivity contribution in [3.63, 3.8) is 0 Å². The molecule has 0 bridgehead atoms. The van der Waals surface area contributed by atoms with Crippen LogP contribution in [0.3, 0.4) is 0 Å². The molecule has 4 amide bonds. The first-order valence-electron chi connectivity index (χ1n) is 19.9. The van der Waals surface area contributed by atoms with Crippen molar-refractivity contribution >= 4 is 52.8 Å². The summed E-state index contributed by atoms with van der Waals surface area (Å²) >= 11 is 5.86. The van der Waals surface area contributed by atoms with Gasteiger partial charge in [0.2, 0.25) is 11.9 Å². The molecule has 4 aromatic carbocycles. The van der Waals surface area contributed by atoms with Crippen LogP contribution < -0.4 is 32.3 Å². The minimum atomic E-state index is -0.429. The minimum Gasteiger partial charge on any atom is -0.370 e. The van der Waals surface area contributed by atoms with E-state index in [0.717, 1.165) is 67.0 Å². The highest BCUT2D eigenvalue weighted by Gasteiger charge is 2.10. The Morgan fingerprint density at radius 2 is 1.02 bits per heavy atom. The van der Waals surface area contributed by atoms with Gasteiger partial charge >= 0.3 is 12.1 Å². The largest absolute Gasteiger partial charge is 0.370 e. The minimum absolute atomic E-state index is 0.164. The molecule has 0 fully saturated rings. The van der Waals surface area contributed by atoms with Crippen LogP contribution in [0.2, 0.25) is 5.15 Å². The molecule has 15 heteroatoms. The molecular weight excluding hydrogens is 788 g/mol. The fourth-order valence-electron chi connectivity index (χ4n) is 5.66. The maximum atomic E-state index is 12.5. The van der Waals surface area contributed by atoms with Crippen molar-refractivity contribution in [2.24, 2.45) is 5.73 Å². The number of nitrogens with two attached hydrogens (primary N) is 1. The molecule has 0 aliphatic carbocycles. The Kier molecular flexibility index (Phi) is 19.5. The van der Waals surface area contributed by atoms with Gasteiger partial charge in [-0.1, -0.05) is 96.5 Å². The predicted molar refractivity (Wildman–Crippen MR) is 251 cm³/mol. The Labute approximate surface area is 364 Å². The number of anilines is 5. The zero-order chi connectivity index (χ0) is 44.0. The highest BCUT2D eigenvalue weighted by Crippen LogP contribution is 2.24. The van der Waals surface area contributed by atoms with Gasteiger partial charge in [-0.05, 0) is 127 Å². The second kappa shape index (κ2) is 25.2. The smallest absolute Gasteiger partial charge is 0.326 e. The van der Waals surface area contributed by atoms with E-state index in [1.807, 2.05) is 136 Å². The normalized spacial score (nSPS) is 10.5. The van der Waals surface area contributed by atoms with Crippen molar-refractivity contribution in [3.8, 4) is 22.3 Å². The van der Waals surface area contributed by atoms with E-state index in [4.69, 9.17) is 17.3 Å². The predicted octanol–water partition coefficient (Wildman–Crippen LogP) is 9.11. The van der Waals surface area contributed by atoms with Gasteiger partial charge in [0.05, 0.1) is 0 Å². The Morgan fingerprint density at radius 3 is 1.48 bits per heavy atom. The number of rotatable bonds is 14. The number of halogens is 1. The summed E-state index contributed by atoms with van der Waals surface area (Å²) < 4.78 is 0. The number of nitrogens with zero attached hydrogens (tertiary/aromatic N) is 6. The molecule has 2 aromatic heterocycles. The van der Waals surface area contributed by atoms with Crippen LogP contribution in [0.5, 0.6) is 0 Å². The van der Waals surface area contributed by atoms with E-state index in [2.05, 4.69) is 70.4 Å². The van der Waals surface area contributed by atoms with Crippen LogP contribution >= 0.6 is 11.6 Å². The second-order valence-corrected chi connectivity index (χ2v) is 14.8. The van der Waals surface area contributed by atoms with Crippen LogP contribution in [-0.4, -0.2) is 96.2 Å². The van der Waals surface area contributed by atoms with E-state index >= 15 is 0 Å². The molecule has 6 aromatic rings. The van der Waals surface area contributed by atoms with Gasteiger partial charge in [-0.25, -0.2) is 24.5 Å². The fourth-order valence-corrected chi connectivity index (χ4v) is 5.90. The average Bonchev–Trinajstić information content (AvgIpc) is 3.22. The Bertz CT molecular complexity index is 2240. The van der Waals surface area contributed by atoms with Gasteiger partial charge in [0.25, 0.3) is 0 Å². The van der Waals surface area contributed by atoms with Crippen molar-refractivity contribution in [2.75, 3.05) is 81.0 Å². The number of carbonyl (C=O) groups excluding carboxylic acids is 2. The van der Waals surface area contributed by atoms with Crippen LogP contribution in [-0.2, 0) is 0 Å². The third-order valence-corrected chi connectivity index (χ3v) is 8.67. The molecule has 0 unspecified atom stereocenters. The summed E-state index contributed by atoms with van der Waals surface area (Å²) in [6.07, 6.45) is 2.10. The maximum absolute atomic E-state index is 12.5. The van der Waals surface area contributed by atoms with Gasteiger partial charge in [-0.15, -0.1) is 0 Å². The SMILES string of the molecule is CN(C)CCCN.Cc1cc(Cl)nc(NC(=O)Nc2cccc(-c3ccccc3)c2)n1.Cc1cc(NCCCN(C)C)nc(NC(=O)Nc2cccc(-c3ccccc3)c2)n1. The number of urea groups is 2. The topological polar surface area (TPSA) is 178 Å². The van der Waals surface area contributed by atoms with Gasteiger partial charge in [-0.2, -0.15) is 4.98 Å². The van der Waals surface area contributed by atoms with Crippen LogP contribution in [0, 0.1) is 13.8 Å². The molecule has 320 valence electrons. The lowest BCUT2D eigenvalue weighted by Gasteiger charge is -2.12. The monoisotopic (exact) mass is 844 g/mol. The number of hydrogen-bond donors (Lipinski definition) is 6. The van der Waals surface area contributed by atoms with Crippen molar-refractivity contribution in [3.05, 3.63) is 138 Å². The molecule has 6 rings (SSSR count). The highest BCUT2D eigenvalue weighted by atomic mass is 35.5. The molecule has 2 heterocycles. The third-order valence-electron chi connectivity index (χ3n) is 8.48. The zero-order valence-electron chi connectivity index (χ0n) is 35.7. The molecule has 0 atom stereocenters. The summed E-state index contributed by atoms with van der Waals surface area (Å²) in [5, 5.41) is 14.5. The van der Waals surface area contributed by atoms with E-state index < -0.39 is 6.03 Å².